The number of carbonyl (C=O) groups excluding carboxylic acids is 1. The number of amides is 1. The van der Waals surface area contributed by atoms with E-state index in [0.717, 1.165) is 18.4 Å². The minimum Gasteiger partial charge on any atom is -0.504 e. The molecule has 0 radical (unpaired) electrons. The fourth-order valence-corrected chi connectivity index (χ4v) is 2.92. The van der Waals surface area contributed by atoms with Gasteiger partial charge in [-0.2, -0.15) is 0 Å². The minimum absolute atomic E-state index is 0.0449. The predicted octanol–water partition coefficient (Wildman–Crippen LogP) is 5.42. The highest BCUT2D eigenvalue weighted by Gasteiger charge is 2.04. The number of rotatable bonds is 14. The van der Waals surface area contributed by atoms with E-state index in [1.54, 1.807) is 6.07 Å². The molecular formula is C21H35NO3. The van der Waals surface area contributed by atoms with Crippen molar-refractivity contribution in [3.63, 3.8) is 0 Å². The Balaban J connectivity index is 1.94. The fraction of sp³-hybridized carbons (Fsp3) is 0.667. The van der Waals surface area contributed by atoms with Crippen molar-refractivity contribution in [2.24, 2.45) is 0 Å². The number of benzene rings is 1. The van der Waals surface area contributed by atoms with E-state index >= 15 is 0 Å². The number of aromatic hydroxyl groups is 2. The second-order valence-electron chi connectivity index (χ2n) is 6.89. The SMILES string of the molecule is CCCCCCCCCCCCCC(=O)NCc1ccc(O)c(O)c1. The van der Waals surface area contributed by atoms with Crippen LogP contribution >= 0.6 is 0 Å². The molecule has 4 nitrogen and oxygen atoms in total. The van der Waals surface area contributed by atoms with Crippen molar-refractivity contribution in [1.82, 2.24) is 5.32 Å². The Bertz CT molecular complexity index is 488. The van der Waals surface area contributed by atoms with Gasteiger partial charge >= 0.3 is 0 Å². The second kappa shape index (κ2) is 13.6. The van der Waals surface area contributed by atoms with E-state index in [1.165, 1.54) is 69.9 Å². The van der Waals surface area contributed by atoms with Crippen LogP contribution in [0.5, 0.6) is 11.5 Å². The van der Waals surface area contributed by atoms with Gasteiger partial charge in [0, 0.05) is 13.0 Å². The van der Waals surface area contributed by atoms with Gasteiger partial charge in [-0.05, 0) is 24.1 Å². The normalized spacial score (nSPS) is 10.8. The molecule has 0 aromatic heterocycles. The van der Waals surface area contributed by atoms with E-state index in [0.29, 0.717) is 13.0 Å². The van der Waals surface area contributed by atoms with Crippen LogP contribution in [0.25, 0.3) is 0 Å². The molecule has 25 heavy (non-hydrogen) atoms. The van der Waals surface area contributed by atoms with Crippen LogP contribution in [-0.4, -0.2) is 16.1 Å². The highest BCUT2D eigenvalue weighted by molar-refractivity contribution is 5.75. The smallest absolute Gasteiger partial charge is 0.220 e. The summed E-state index contributed by atoms with van der Waals surface area (Å²) in [7, 11) is 0. The Morgan fingerprint density at radius 1 is 0.840 bits per heavy atom. The van der Waals surface area contributed by atoms with Crippen LogP contribution < -0.4 is 5.32 Å². The lowest BCUT2D eigenvalue weighted by atomic mass is 10.1. The van der Waals surface area contributed by atoms with E-state index in [1.807, 2.05) is 0 Å². The molecule has 1 amide bonds. The van der Waals surface area contributed by atoms with Crippen molar-refractivity contribution in [1.29, 1.82) is 0 Å². The largest absolute Gasteiger partial charge is 0.504 e. The van der Waals surface area contributed by atoms with Crippen LogP contribution in [0.3, 0.4) is 0 Å². The average molecular weight is 350 g/mol. The van der Waals surface area contributed by atoms with Crippen LogP contribution in [0.2, 0.25) is 0 Å². The quantitative estimate of drug-likeness (QED) is 0.310. The lowest BCUT2D eigenvalue weighted by Gasteiger charge is -2.07. The van der Waals surface area contributed by atoms with Crippen LogP contribution in [0.4, 0.5) is 0 Å². The molecule has 3 N–H and O–H groups in total. The fourth-order valence-electron chi connectivity index (χ4n) is 2.92. The molecule has 0 saturated heterocycles. The molecule has 0 aliphatic heterocycles. The molecule has 0 aliphatic carbocycles. The molecule has 0 aliphatic rings. The zero-order valence-electron chi connectivity index (χ0n) is 15.7. The summed E-state index contributed by atoms with van der Waals surface area (Å²) in [6.45, 7) is 2.63. The molecule has 1 rings (SSSR count). The first kappa shape index (κ1) is 21.3. The van der Waals surface area contributed by atoms with Crippen molar-refractivity contribution >= 4 is 5.91 Å². The van der Waals surface area contributed by atoms with Gasteiger partial charge in [-0.1, -0.05) is 77.2 Å². The summed E-state index contributed by atoms with van der Waals surface area (Å²) < 4.78 is 0. The Labute approximate surface area is 152 Å². The standard InChI is InChI=1S/C21H35NO3/c1-2-3-4-5-6-7-8-9-10-11-12-13-21(25)22-17-18-14-15-19(23)20(24)16-18/h14-16,23-24H,2-13,17H2,1H3,(H,22,25). The topological polar surface area (TPSA) is 69.6 Å². The summed E-state index contributed by atoms with van der Waals surface area (Å²) >= 11 is 0. The van der Waals surface area contributed by atoms with Crippen LogP contribution in [0, 0.1) is 0 Å². The maximum atomic E-state index is 11.8. The first-order valence-corrected chi connectivity index (χ1v) is 9.91. The molecule has 1 aromatic carbocycles. The number of nitrogens with one attached hydrogen (secondary N) is 1. The molecular weight excluding hydrogens is 314 g/mol. The van der Waals surface area contributed by atoms with Gasteiger partial charge in [-0.15, -0.1) is 0 Å². The average Bonchev–Trinajstić information content (AvgIpc) is 2.60. The number of phenolic OH excluding ortho intramolecular Hbond substituents is 2. The zero-order chi connectivity index (χ0) is 18.3. The Morgan fingerprint density at radius 3 is 1.96 bits per heavy atom. The van der Waals surface area contributed by atoms with Gasteiger partial charge in [-0.25, -0.2) is 0 Å². The highest BCUT2D eigenvalue weighted by Crippen LogP contribution is 2.24. The van der Waals surface area contributed by atoms with Crippen molar-refractivity contribution < 1.29 is 15.0 Å². The number of carbonyl (C=O) groups is 1. The predicted molar refractivity (Wildman–Crippen MR) is 103 cm³/mol. The molecule has 4 heteroatoms. The van der Waals surface area contributed by atoms with Gasteiger partial charge in [0.05, 0.1) is 0 Å². The number of phenols is 2. The van der Waals surface area contributed by atoms with E-state index in [2.05, 4.69) is 12.2 Å². The van der Waals surface area contributed by atoms with Crippen molar-refractivity contribution in [3.8, 4) is 11.5 Å². The van der Waals surface area contributed by atoms with Gasteiger partial charge in [0.1, 0.15) is 0 Å². The molecule has 142 valence electrons. The summed E-state index contributed by atoms with van der Waals surface area (Å²) in [6, 6.07) is 4.59. The van der Waals surface area contributed by atoms with Crippen LogP contribution in [-0.2, 0) is 11.3 Å². The lowest BCUT2D eigenvalue weighted by molar-refractivity contribution is -0.121. The van der Waals surface area contributed by atoms with Crippen molar-refractivity contribution in [2.75, 3.05) is 0 Å². The third-order valence-corrected chi connectivity index (χ3v) is 4.54. The van der Waals surface area contributed by atoms with Gasteiger partial charge in [0.15, 0.2) is 11.5 Å². The van der Waals surface area contributed by atoms with Crippen LogP contribution in [0.1, 0.15) is 89.5 Å². The van der Waals surface area contributed by atoms with E-state index < -0.39 is 0 Å². The summed E-state index contributed by atoms with van der Waals surface area (Å²) in [4.78, 5) is 11.8. The summed E-state index contributed by atoms with van der Waals surface area (Å²) in [5.41, 5.74) is 0.780. The summed E-state index contributed by atoms with van der Waals surface area (Å²) in [5.74, 6) is -0.253. The second-order valence-corrected chi connectivity index (χ2v) is 6.89. The van der Waals surface area contributed by atoms with Crippen molar-refractivity contribution in [3.05, 3.63) is 23.8 Å². The lowest BCUT2D eigenvalue weighted by Crippen LogP contribution is -2.22. The molecule has 0 unspecified atom stereocenters. The monoisotopic (exact) mass is 349 g/mol. The molecule has 0 spiro atoms. The Kier molecular flexibility index (Phi) is 11.6. The molecule has 0 heterocycles. The minimum atomic E-state index is -0.155. The first-order chi connectivity index (χ1) is 12.1. The Morgan fingerprint density at radius 2 is 1.40 bits per heavy atom. The maximum absolute atomic E-state index is 11.8. The molecule has 0 bridgehead atoms. The number of unbranched alkanes of at least 4 members (excludes halogenated alkanes) is 10. The number of hydrogen-bond donors (Lipinski definition) is 3. The molecule has 0 saturated carbocycles. The van der Waals surface area contributed by atoms with E-state index in [9.17, 15) is 15.0 Å². The summed E-state index contributed by atoms with van der Waals surface area (Å²) in [5, 5.41) is 21.5. The molecule has 0 fully saturated rings. The van der Waals surface area contributed by atoms with E-state index in [-0.39, 0.29) is 17.4 Å². The van der Waals surface area contributed by atoms with Gasteiger partial charge < -0.3 is 15.5 Å². The third-order valence-electron chi connectivity index (χ3n) is 4.54. The first-order valence-electron chi connectivity index (χ1n) is 9.91. The maximum Gasteiger partial charge on any atom is 0.220 e. The molecule has 0 atom stereocenters. The van der Waals surface area contributed by atoms with Gasteiger partial charge in [-0.3, -0.25) is 4.79 Å². The zero-order valence-corrected chi connectivity index (χ0v) is 15.7. The third kappa shape index (κ3) is 10.7. The number of hydrogen-bond acceptors (Lipinski definition) is 3. The Hall–Kier alpha value is -1.71. The summed E-state index contributed by atoms with van der Waals surface area (Å²) in [6.07, 6.45) is 14.6. The molecule has 1 aromatic rings. The highest BCUT2D eigenvalue weighted by atomic mass is 16.3. The van der Waals surface area contributed by atoms with Crippen molar-refractivity contribution in [2.45, 2.75) is 90.5 Å². The van der Waals surface area contributed by atoms with Gasteiger partial charge in [0.25, 0.3) is 0 Å². The van der Waals surface area contributed by atoms with Gasteiger partial charge in [0.2, 0.25) is 5.91 Å². The van der Waals surface area contributed by atoms with E-state index in [4.69, 9.17) is 0 Å². The van der Waals surface area contributed by atoms with Crippen LogP contribution in [0.15, 0.2) is 18.2 Å².